The lowest BCUT2D eigenvalue weighted by Crippen LogP contribution is -2.45. The van der Waals surface area contributed by atoms with E-state index in [1.165, 1.54) is 7.11 Å². The largest absolute Gasteiger partial charge is 0.497 e. The zero-order chi connectivity index (χ0) is 15.4. The van der Waals surface area contributed by atoms with Gasteiger partial charge in [0.05, 0.1) is 7.11 Å². The third-order valence-electron chi connectivity index (χ3n) is 3.56. The SMILES string of the molecule is COc1cc(N)cc(C(=O)NC(C)C(=O)N2CCCC2)c1. The van der Waals surface area contributed by atoms with E-state index < -0.39 is 6.04 Å². The Labute approximate surface area is 124 Å². The zero-order valence-corrected chi connectivity index (χ0v) is 12.4. The number of nitrogen functional groups attached to an aromatic ring is 1. The summed E-state index contributed by atoms with van der Waals surface area (Å²) in [6.07, 6.45) is 2.05. The van der Waals surface area contributed by atoms with Crippen molar-refractivity contribution in [1.29, 1.82) is 0 Å². The van der Waals surface area contributed by atoms with Crippen molar-refractivity contribution in [1.82, 2.24) is 10.2 Å². The normalized spacial score (nSPS) is 15.6. The molecule has 1 heterocycles. The highest BCUT2D eigenvalue weighted by molar-refractivity contribution is 5.98. The molecule has 1 unspecified atom stereocenters. The van der Waals surface area contributed by atoms with E-state index in [0.717, 1.165) is 25.9 Å². The van der Waals surface area contributed by atoms with Gasteiger partial charge in [-0.05, 0) is 31.9 Å². The molecule has 0 saturated carbocycles. The smallest absolute Gasteiger partial charge is 0.252 e. The summed E-state index contributed by atoms with van der Waals surface area (Å²) in [5.74, 6) is 0.135. The number of carbonyl (C=O) groups is 2. The number of amides is 2. The number of likely N-dealkylation sites (tertiary alicyclic amines) is 1. The number of nitrogens with zero attached hydrogens (tertiary/aromatic N) is 1. The van der Waals surface area contributed by atoms with Crippen molar-refractivity contribution in [2.75, 3.05) is 25.9 Å². The molecule has 1 aliphatic rings. The Hall–Kier alpha value is -2.24. The number of nitrogens with one attached hydrogen (secondary N) is 1. The van der Waals surface area contributed by atoms with Crippen LogP contribution in [0.3, 0.4) is 0 Å². The van der Waals surface area contributed by atoms with Gasteiger partial charge in [0.25, 0.3) is 5.91 Å². The molecule has 1 saturated heterocycles. The molecular formula is C15H21N3O3. The van der Waals surface area contributed by atoms with E-state index in [0.29, 0.717) is 17.0 Å². The van der Waals surface area contributed by atoms with Crippen LogP contribution in [0, 0.1) is 0 Å². The maximum Gasteiger partial charge on any atom is 0.252 e. The van der Waals surface area contributed by atoms with Crippen LogP contribution >= 0.6 is 0 Å². The summed E-state index contributed by atoms with van der Waals surface area (Å²) < 4.78 is 5.08. The van der Waals surface area contributed by atoms with Gasteiger partial charge >= 0.3 is 0 Å². The van der Waals surface area contributed by atoms with E-state index in [9.17, 15) is 9.59 Å². The van der Waals surface area contributed by atoms with Crippen LogP contribution in [-0.4, -0.2) is 43.0 Å². The van der Waals surface area contributed by atoms with E-state index in [2.05, 4.69) is 5.32 Å². The van der Waals surface area contributed by atoms with Crippen LogP contribution in [0.4, 0.5) is 5.69 Å². The molecule has 6 heteroatoms. The van der Waals surface area contributed by atoms with E-state index in [-0.39, 0.29) is 11.8 Å². The first-order chi connectivity index (χ1) is 10.0. The van der Waals surface area contributed by atoms with Gasteiger partial charge in [-0.3, -0.25) is 9.59 Å². The molecule has 0 spiro atoms. The van der Waals surface area contributed by atoms with Gasteiger partial charge in [0.2, 0.25) is 5.91 Å². The average Bonchev–Trinajstić information content (AvgIpc) is 2.99. The second-order valence-corrected chi connectivity index (χ2v) is 5.22. The topological polar surface area (TPSA) is 84.7 Å². The predicted octanol–water partition coefficient (Wildman–Crippen LogP) is 1.02. The summed E-state index contributed by atoms with van der Waals surface area (Å²) in [4.78, 5) is 26.1. The molecule has 2 rings (SSSR count). The van der Waals surface area contributed by atoms with Crippen molar-refractivity contribution in [2.24, 2.45) is 0 Å². The number of hydrogen-bond acceptors (Lipinski definition) is 4. The first kappa shape index (κ1) is 15.2. The van der Waals surface area contributed by atoms with E-state index in [4.69, 9.17) is 10.5 Å². The molecule has 1 atom stereocenters. The van der Waals surface area contributed by atoms with Crippen molar-refractivity contribution in [3.8, 4) is 5.75 Å². The number of nitrogens with two attached hydrogens (primary N) is 1. The van der Waals surface area contributed by atoms with Crippen molar-refractivity contribution < 1.29 is 14.3 Å². The average molecular weight is 291 g/mol. The minimum atomic E-state index is -0.553. The number of anilines is 1. The third kappa shape index (κ3) is 3.65. The number of ether oxygens (including phenoxy) is 1. The molecule has 0 aliphatic carbocycles. The number of hydrogen-bond donors (Lipinski definition) is 2. The van der Waals surface area contributed by atoms with Crippen LogP contribution in [0.5, 0.6) is 5.75 Å². The second-order valence-electron chi connectivity index (χ2n) is 5.22. The lowest BCUT2D eigenvalue weighted by atomic mass is 10.1. The van der Waals surface area contributed by atoms with Crippen LogP contribution in [0.25, 0.3) is 0 Å². The van der Waals surface area contributed by atoms with E-state index in [1.54, 1.807) is 30.0 Å². The summed E-state index contributed by atoms with van der Waals surface area (Å²) in [5, 5.41) is 2.71. The third-order valence-corrected chi connectivity index (χ3v) is 3.56. The molecule has 21 heavy (non-hydrogen) atoms. The summed E-state index contributed by atoms with van der Waals surface area (Å²) >= 11 is 0. The molecule has 1 aliphatic heterocycles. The monoisotopic (exact) mass is 291 g/mol. The fraction of sp³-hybridized carbons (Fsp3) is 0.467. The van der Waals surface area contributed by atoms with Gasteiger partial charge in [0, 0.05) is 30.4 Å². The Morgan fingerprint density at radius 1 is 1.29 bits per heavy atom. The summed E-state index contributed by atoms with van der Waals surface area (Å²) in [7, 11) is 1.51. The summed E-state index contributed by atoms with van der Waals surface area (Å²) in [6.45, 7) is 3.23. The number of methoxy groups -OCH3 is 1. The standard InChI is InChI=1S/C15H21N3O3/c1-10(15(20)18-5-3-4-6-18)17-14(19)11-7-12(16)9-13(8-11)21-2/h7-10H,3-6,16H2,1-2H3,(H,17,19). The van der Waals surface area contributed by atoms with Gasteiger partial charge in [-0.25, -0.2) is 0 Å². The summed E-state index contributed by atoms with van der Waals surface area (Å²) in [5.41, 5.74) is 6.55. The molecule has 1 aromatic carbocycles. The maximum absolute atomic E-state index is 12.2. The van der Waals surface area contributed by atoms with Gasteiger partial charge in [-0.2, -0.15) is 0 Å². The van der Waals surface area contributed by atoms with Crippen molar-refractivity contribution in [3.05, 3.63) is 23.8 Å². The van der Waals surface area contributed by atoms with Crippen LogP contribution in [0.1, 0.15) is 30.1 Å². The highest BCUT2D eigenvalue weighted by Gasteiger charge is 2.24. The molecule has 0 bridgehead atoms. The Morgan fingerprint density at radius 2 is 1.95 bits per heavy atom. The molecule has 1 fully saturated rings. The minimum Gasteiger partial charge on any atom is -0.497 e. The lowest BCUT2D eigenvalue weighted by molar-refractivity contribution is -0.131. The van der Waals surface area contributed by atoms with Crippen LogP contribution in [0.2, 0.25) is 0 Å². The van der Waals surface area contributed by atoms with E-state index >= 15 is 0 Å². The Balaban J connectivity index is 2.03. The predicted molar refractivity (Wildman–Crippen MR) is 80.1 cm³/mol. The van der Waals surface area contributed by atoms with Crippen LogP contribution in [0.15, 0.2) is 18.2 Å². The highest BCUT2D eigenvalue weighted by atomic mass is 16.5. The van der Waals surface area contributed by atoms with Gasteiger partial charge in [-0.15, -0.1) is 0 Å². The Kier molecular flexibility index (Phi) is 4.67. The molecule has 3 N–H and O–H groups in total. The Bertz CT molecular complexity index is 539. The quantitative estimate of drug-likeness (QED) is 0.811. The van der Waals surface area contributed by atoms with E-state index in [1.807, 2.05) is 0 Å². The molecular weight excluding hydrogens is 270 g/mol. The van der Waals surface area contributed by atoms with Gasteiger partial charge in [0.1, 0.15) is 11.8 Å². The molecule has 114 valence electrons. The number of carbonyl (C=O) groups excluding carboxylic acids is 2. The van der Waals surface area contributed by atoms with Crippen molar-refractivity contribution in [2.45, 2.75) is 25.8 Å². The Morgan fingerprint density at radius 3 is 2.57 bits per heavy atom. The van der Waals surface area contributed by atoms with Crippen LogP contribution < -0.4 is 15.8 Å². The highest BCUT2D eigenvalue weighted by Crippen LogP contribution is 2.18. The van der Waals surface area contributed by atoms with Crippen molar-refractivity contribution in [3.63, 3.8) is 0 Å². The molecule has 1 aromatic rings. The summed E-state index contributed by atoms with van der Waals surface area (Å²) in [6, 6.07) is 4.24. The van der Waals surface area contributed by atoms with Gasteiger partial charge < -0.3 is 20.7 Å². The fourth-order valence-corrected chi connectivity index (χ4v) is 2.42. The van der Waals surface area contributed by atoms with Crippen molar-refractivity contribution >= 4 is 17.5 Å². The zero-order valence-electron chi connectivity index (χ0n) is 12.4. The lowest BCUT2D eigenvalue weighted by Gasteiger charge is -2.21. The molecule has 6 nitrogen and oxygen atoms in total. The fourth-order valence-electron chi connectivity index (χ4n) is 2.42. The van der Waals surface area contributed by atoms with Gasteiger partial charge in [0.15, 0.2) is 0 Å². The molecule has 0 aromatic heterocycles. The molecule has 2 amide bonds. The number of rotatable bonds is 4. The molecule has 0 radical (unpaired) electrons. The second kappa shape index (κ2) is 6.47. The maximum atomic E-state index is 12.2. The first-order valence-electron chi connectivity index (χ1n) is 7.05. The minimum absolute atomic E-state index is 0.0447. The van der Waals surface area contributed by atoms with Crippen LogP contribution in [-0.2, 0) is 4.79 Å². The first-order valence-corrected chi connectivity index (χ1v) is 7.05. The number of benzene rings is 1. The van der Waals surface area contributed by atoms with Gasteiger partial charge in [-0.1, -0.05) is 0 Å².